The van der Waals surface area contributed by atoms with Crippen molar-refractivity contribution in [1.29, 1.82) is 0 Å². The number of nitrogens with zero attached hydrogens (tertiary/aromatic N) is 3. The lowest BCUT2D eigenvalue weighted by molar-refractivity contribution is -0.384. The zero-order chi connectivity index (χ0) is 15.6. The van der Waals surface area contributed by atoms with Crippen molar-refractivity contribution in [1.82, 2.24) is 9.55 Å². The van der Waals surface area contributed by atoms with Gasteiger partial charge in [0.05, 0.1) is 4.92 Å². The minimum atomic E-state index is -3.87. The Morgan fingerprint density at radius 3 is 2.71 bits per heavy atom. The van der Waals surface area contributed by atoms with Crippen LogP contribution in [0.4, 0.5) is 5.69 Å². The minimum Gasteiger partial charge on any atom is -0.329 e. The Morgan fingerprint density at radius 2 is 2.14 bits per heavy atom. The Morgan fingerprint density at radius 1 is 1.43 bits per heavy atom. The smallest absolute Gasteiger partial charge is 0.269 e. The summed E-state index contributed by atoms with van der Waals surface area (Å²) in [6.45, 7) is 2.12. The molecule has 1 aromatic carbocycles. The van der Waals surface area contributed by atoms with Crippen molar-refractivity contribution in [2.24, 2.45) is 5.14 Å². The van der Waals surface area contributed by atoms with Crippen molar-refractivity contribution in [3.63, 3.8) is 0 Å². The van der Waals surface area contributed by atoms with Gasteiger partial charge in [0.15, 0.2) is 5.03 Å². The van der Waals surface area contributed by atoms with Crippen molar-refractivity contribution in [2.75, 3.05) is 0 Å². The number of rotatable bonds is 5. The van der Waals surface area contributed by atoms with E-state index in [9.17, 15) is 18.5 Å². The largest absolute Gasteiger partial charge is 0.329 e. The van der Waals surface area contributed by atoms with E-state index in [-0.39, 0.29) is 17.3 Å². The Balaban J connectivity index is 2.37. The fraction of sp³-hybridized carbons (Fsp3) is 0.250. The molecule has 0 saturated carbocycles. The van der Waals surface area contributed by atoms with Gasteiger partial charge >= 0.3 is 0 Å². The molecule has 2 N–H and O–H groups in total. The summed E-state index contributed by atoms with van der Waals surface area (Å²) in [5.74, 6) is 0.547. The summed E-state index contributed by atoms with van der Waals surface area (Å²) < 4.78 is 24.3. The van der Waals surface area contributed by atoms with E-state index in [0.717, 1.165) is 0 Å². The van der Waals surface area contributed by atoms with E-state index in [1.54, 1.807) is 16.7 Å². The molecule has 0 amide bonds. The average molecular weight is 310 g/mol. The van der Waals surface area contributed by atoms with Crippen LogP contribution in [0.15, 0.2) is 35.5 Å². The molecular weight excluding hydrogens is 296 g/mol. The van der Waals surface area contributed by atoms with Crippen LogP contribution in [-0.2, 0) is 23.0 Å². The topological polar surface area (TPSA) is 121 Å². The highest BCUT2D eigenvalue weighted by Gasteiger charge is 2.16. The Labute approximate surface area is 121 Å². The Kier molecular flexibility index (Phi) is 4.05. The lowest BCUT2D eigenvalue weighted by Gasteiger charge is -2.06. The maximum Gasteiger partial charge on any atom is 0.269 e. The maximum atomic E-state index is 11.3. The summed E-state index contributed by atoms with van der Waals surface area (Å²) in [5, 5.41) is 15.6. The number of nitrogens with two attached hydrogens (primary N) is 1. The monoisotopic (exact) mass is 310 g/mol. The van der Waals surface area contributed by atoms with Crippen LogP contribution in [0.25, 0.3) is 0 Å². The van der Waals surface area contributed by atoms with E-state index in [2.05, 4.69) is 4.98 Å². The molecule has 112 valence electrons. The van der Waals surface area contributed by atoms with E-state index in [1.165, 1.54) is 18.3 Å². The van der Waals surface area contributed by atoms with E-state index >= 15 is 0 Å². The van der Waals surface area contributed by atoms with E-state index in [1.807, 2.05) is 6.92 Å². The third-order valence-corrected chi connectivity index (χ3v) is 3.70. The molecule has 2 aromatic rings. The average Bonchev–Trinajstić information content (AvgIpc) is 2.82. The molecule has 9 heteroatoms. The normalized spacial score (nSPS) is 11.5. The summed E-state index contributed by atoms with van der Waals surface area (Å²) in [7, 11) is -3.87. The summed E-state index contributed by atoms with van der Waals surface area (Å²) in [6.07, 6.45) is 1.86. The number of hydrogen-bond donors (Lipinski definition) is 1. The molecule has 0 aliphatic rings. The van der Waals surface area contributed by atoms with Crippen LogP contribution in [-0.4, -0.2) is 22.9 Å². The highest BCUT2D eigenvalue weighted by Crippen LogP contribution is 2.16. The van der Waals surface area contributed by atoms with Crippen LogP contribution in [0.5, 0.6) is 0 Å². The third kappa shape index (κ3) is 3.44. The number of aryl methyl sites for hydroxylation is 1. The maximum absolute atomic E-state index is 11.3. The van der Waals surface area contributed by atoms with Gasteiger partial charge < -0.3 is 4.57 Å². The number of hydrogen-bond acceptors (Lipinski definition) is 5. The molecule has 0 fully saturated rings. The first-order valence-electron chi connectivity index (χ1n) is 6.13. The number of imidazole rings is 1. The number of sulfonamides is 1. The predicted molar refractivity (Wildman–Crippen MR) is 75.2 cm³/mol. The molecule has 1 aromatic heterocycles. The lowest BCUT2D eigenvalue weighted by atomic mass is 10.2. The van der Waals surface area contributed by atoms with Gasteiger partial charge in [-0.25, -0.2) is 18.5 Å². The fourth-order valence-electron chi connectivity index (χ4n) is 1.95. The zero-order valence-corrected chi connectivity index (χ0v) is 12.1. The number of non-ortho nitro benzene ring substituents is 1. The zero-order valence-electron chi connectivity index (χ0n) is 11.3. The molecule has 0 saturated heterocycles. The number of benzene rings is 1. The third-order valence-electron chi connectivity index (χ3n) is 2.92. The van der Waals surface area contributed by atoms with Gasteiger partial charge in [0.2, 0.25) is 0 Å². The van der Waals surface area contributed by atoms with E-state index in [4.69, 9.17) is 5.14 Å². The van der Waals surface area contributed by atoms with Gasteiger partial charge in [0, 0.05) is 31.3 Å². The van der Waals surface area contributed by atoms with Crippen LogP contribution in [0.2, 0.25) is 0 Å². The van der Waals surface area contributed by atoms with Crippen LogP contribution >= 0.6 is 0 Å². The molecule has 0 unspecified atom stereocenters. The minimum absolute atomic E-state index is 0.0164. The van der Waals surface area contributed by atoms with Gasteiger partial charge in [0.1, 0.15) is 5.82 Å². The van der Waals surface area contributed by atoms with E-state index in [0.29, 0.717) is 17.8 Å². The SMILES string of the molecule is CCc1nc(S(N)(=O)=O)cn1Cc1cccc([N+](=O)[O-])c1. The van der Waals surface area contributed by atoms with Gasteiger partial charge in [-0.2, -0.15) is 0 Å². The first-order chi connectivity index (χ1) is 9.81. The van der Waals surface area contributed by atoms with Gasteiger partial charge in [-0.15, -0.1) is 0 Å². The standard InChI is InChI=1S/C12H14N4O4S/c1-2-11-14-12(21(13,19)20)8-15(11)7-9-4-3-5-10(6-9)16(17)18/h3-6,8H,2,7H2,1H3,(H2,13,19,20). The lowest BCUT2D eigenvalue weighted by Crippen LogP contribution is -2.12. The Hall–Kier alpha value is -2.26. The number of aromatic nitrogens is 2. The van der Waals surface area contributed by atoms with E-state index < -0.39 is 14.9 Å². The summed E-state index contributed by atoms with van der Waals surface area (Å²) >= 11 is 0. The molecule has 0 radical (unpaired) electrons. The van der Waals surface area contributed by atoms with Gasteiger partial charge in [0.25, 0.3) is 15.7 Å². The van der Waals surface area contributed by atoms with Crippen molar-refractivity contribution in [3.05, 3.63) is 52.0 Å². The van der Waals surface area contributed by atoms with Gasteiger partial charge in [-0.3, -0.25) is 10.1 Å². The van der Waals surface area contributed by atoms with Gasteiger partial charge in [-0.1, -0.05) is 19.1 Å². The van der Waals surface area contributed by atoms with Crippen molar-refractivity contribution < 1.29 is 13.3 Å². The molecular formula is C12H14N4O4S. The van der Waals surface area contributed by atoms with Crippen molar-refractivity contribution >= 4 is 15.7 Å². The Bertz CT molecular complexity index is 782. The summed E-state index contributed by atoms with van der Waals surface area (Å²) in [6, 6.07) is 6.14. The fourth-order valence-corrected chi connectivity index (χ4v) is 2.46. The number of primary sulfonamides is 1. The van der Waals surface area contributed by atoms with Crippen molar-refractivity contribution in [2.45, 2.75) is 24.9 Å². The molecule has 21 heavy (non-hydrogen) atoms. The molecule has 8 nitrogen and oxygen atoms in total. The highest BCUT2D eigenvalue weighted by molar-refractivity contribution is 7.89. The molecule has 2 rings (SSSR count). The second-order valence-electron chi connectivity index (χ2n) is 4.45. The van der Waals surface area contributed by atoms with Crippen LogP contribution < -0.4 is 5.14 Å². The molecule has 1 heterocycles. The summed E-state index contributed by atoms with van der Waals surface area (Å²) in [4.78, 5) is 14.2. The molecule has 0 spiro atoms. The van der Waals surface area contributed by atoms with Gasteiger partial charge in [-0.05, 0) is 5.56 Å². The molecule has 0 atom stereocenters. The highest BCUT2D eigenvalue weighted by atomic mass is 32.2. The number of nitro groups is 1. The van der Waals surface area contributed by atoms with Crippen molar-refractivity contribution in [3.8, 4) is 0 Å². The van der Waals surface area contributed by atoms with Crippen LogP contribution in [0, 0.1) is 10.1 Å². The second-order valence-corrected chi connectivity index (χ2v) is 5.96. The summed E-state index contributed by atoms with van der Waals surface area (Å²) in [5.41, 5.74) is 0.662. The second kappa shape index (κ2) is 5.62. The predicted octanol–water partition coefficient (Wildman–Crippen LogP) is 1.05. The first-order valence-corrected chi connectivity index (χ1v) is 7.68. The molecule has 0 aliphatic heterocycles. The molecule has 0 bridgehead atoms. The number of nitro benzene ring substituents is 1. The van der Waals surface area contributed by atoms with Crippen LogP contribution in [0.3, 0.4) is 0 Å². The van der Waals surface area contributed by atoms with Crippen LogP contribution in [0.1, 0.15) is 18.3 Å². The quantitative estimate of drug-likeness (QED) is 0.653. The first kappa shape index (κ1) is 15.1. The molecule has 0 aliphatic carbocycles.